The molecular formula is C13H23ClN5O4P. The predicted octanol–water partition coefficient (Wildman–Crippen LogP) is 1.81. The van der Waals surface area contributed by atoms with Crippen molar-refractivity contribution < 1.29 is 14.9 Å². The smallest absolute Gasteiger partial charge is 0.392 e. The molecule has 0 aliphatic carbocycles. The Morgan fingerprint density at radius 3 is 2.96 bits per heavy atom. The number of alkyl halides is 1. The van der Waals surface area contributed by atoms with E-state index in [0.29, 0.717) is 23.8 Å². The molecule has 1 unspecified atom stereocenters. The van der Waals surface area contributed by atoms with E-state index in [9.17, 15) is 10.1 Å². The van der Waals surface area contributed by atoms with Crippen molar-refractivity contribution in [2.75, 3.05) is 25.6 Å². The van der Waals surface area contributed by atoms with Crippen LogP contribution >= 0.6 is 20.5 Å². The maximum absolute atomic E-state index is 11.1. The topological polar surface area (TPSA) is 106 Å². The molecule has 1 heterocycles. The zero-order chi connectivity index (χ0) is 17.9. The van der Waals surface area contributed by atoms with Gasteiger partial charge in [0.1, 0.15) is 12.3 Å². The SMILES string of the molecule is CCCN(OCc1c(/C=C/CO)nc([N+](=O)[O-])n1C)PNCCCl. The summed E-state index contributed by atoms with van der Waals surface area (Å²) in [7, 11) is 1.81. The van der Waals surface area contributed by atoms with E-state index in [1.54, 1.807) is 18.0 Å². The normalized spacial score (nSPS) is 12.2. The summed E-state index contributed by atoms with van der Waals surface area (Å²) in [5, 5.41) is 23.1. The Morgan fingerprint density at radius 2 is 2.38 bits per heavy atom. The van der Waals surface area contributed by atoms with Gasteiger partial charge in [-0.1, -0.05) is 18.0 Å². The maximum Gasteiger partial charge on any atom is 0.435 e. The second kappa shape index (κ2) is 11.5. The van der Waals surface area contributed by atoms with E-state index < -0.39 is 4.92 Å². The summed E-state index contributed by atoms with van der Waals surface area (Å²) in [6.45, 7) is 3.39. The summed E-state index contributed by atoms with van der Waals surface area (Å²) in [6, 6.07) is 0. The number of hydrogen-bond acceptors (Lipinski definition) is 7. The molecule has 9 nitrogen and oxygen atoms in total. The molecule has 0 amide bonds. The highest BCUT2D eigenvalue weighted by Crippen LogP contribution is 2.22. The third kappa shape index (κ3) is 6.43. The monoisotopic (exact) mass is 379 g/mol. The molecule has 0 aromatic carbocycles. The Kier molecular flexibility index (Phi) is 10.0. The van der Waals surface area contributed by atoms with E-state index in [2.05, 4.69) is 10.1 Å². The summed E-state index contributed by atoms with van der Waals surface area (Å²) in [5.74, 6) is 0.243. The molecule has 0 saturated heterocycles. The predicted molar refractivity (Wildman–Crippen MR) is 94.8 cm³/mol. The van der Waals surface area contributed by atoms with Crippen LogP contribution < -0.4 is 5.09 Å². The van der Waals surface area contributed by atoms with Crippen LogP contribution in [-0.2, 0) is 18.5 Å². The lowest BCUT2D eigenvalue weighted by Crippen LogP contribution is -2.22. The first-order chi connectivity index (χ1) is 11.5. The van der Waals surface area contributed by atoms with Crippen molar-refractivity contribution in [1.82, 2.24) is 19.5 Å². The minimum Gasteiger partial charge on any atom is -0.392 e. The second-order valence-electron chi connectivity index (χ2n) is 4.75. The van der Waals surface area contributed by atoms with Crippen LogP contribution in [0.5, 0.6) is 0 Å². The number of hydroxylamine groups is 1. The highest BCUT2D eigenvalue weighted by atomic mass is 35.5. The average molecular weight is 380 g/mol. The van der Waals surface area contributed by atoms with E-state index in [-0.39, 0.29) is 28.0 Å². The number of aromatic nitrogens is 2. The molecule has 1 rings (SSSR count). The first kappa shape index (κ1) is 21.0. The van der Waals surface area contributed by atoms with Gasteiger partial charge in [0.15, 0.2) is 5.69 Å². The second-order valence-corrected chi connectivity index (χ2v) is 6.20. The molecule has 11 heteroatoms. The van der Waals surface area contributed by atoms with Crippen molar-refractivity contribution in [3.05, 3.63) is 27.6 Å². The van der Waals surface area contributed by atoms with Crippen LogP contribution in [-0.4, -0.2) is 50.0 Å². The van der Waals surface area contributed by atoms with Crippen molar-refractivity contribution in [2.24, 2.45) is 7.05 Å². The fraction of sp³-hybridized carbons (Fsp3) is 0.615. The fourth-order valence-electron chi connectivity index (χ4n) is 1.86. The number of aliphatic hydroxyl groups is 1. The number of imidazole rings is 1. The minimum atomic E-state index is -0.548. The molecule has 1 aromatic rings. The summed E-state index contributed by atoms with van der Waals surface area (Å²) < 4.78 is 1.39. The van der Waals surface area contributed by atoms with E-state index in [0.717, 1.165) is 13.0 Å². The third-order valence-corrected chi connectivity index (χ3v) is 4.17. The molecular weight excluding hydrogens is 357 g/mol. The molecule has 0 spiro atoms. The molecule has 1 aromatic heterocycles. The van der Waals surface area contributed by atoms with Crippen LogP contribution in [0.1, 0.15) is 24.7 Å². The van der Waals surface area contributed by atoms with Crippen molar-refractivity contribution in [2.45, 2.75) is 20.0 Å². The van der Waals surface area contributed by atoms with Gasteiger partial charge in [0.2, 0.25) is 0 Å². The first-order valence-corrected chi connectivity index (χ1v) is 8.95. The van der Waals surface area contributed by atoms with Crippen molar-refractivity contribution >= 4 is 32.5 Å². The molecule has 0 saturated carbocycles. The van der Waals surface area contributed by atoms with Crippen molar-refractivity contribution in [1.29, 1.82) is 0 Å². The molecule has 0 radical (unpaired) electrons. The number of nitrogens with one attached hydrogen (secondary N) is 1. The highest BCUT2D eigenvalue weighted by molar-refractivity contribution is 7.32. The largest absolute Gasteiger partial charge is 0.435 e. The van der Waals surface area contributed by atoms with Gasteiger partial charge >= 0.3 is 5.95 Å². The van der Waals surface area contributed by atoms with Gasteiger partial charge in [0.05, 0.1) is 13.7 Å². The third-order valence-electron chi connectivity index (χ3n) is 2.97. The summed E-state index contributed by atoms with van der Waals surface area (Å²) >= 11 is 5.64. The number of hydrogen-bond donors (Lipinski definition) is 2. The Balaban J connectivity index is 2.86. The highest BCUT2D eigenvalue weighted by Gasteiger charge is 2.24. The lowest BCUT2D eigenvalue weighted by atomic mass is 10.3. The molecule has 1 atom stereocenters. The number of nitrogens with zero attached hydrogens (tertiary/aromatic N) is 4. The van der Waals surface area contributed by atoms with Gasteiger partial charge in [-0.05, 0) is 17.4 Å². The van der Waals surface area contributed by atoms with Crippen LogP contribution in [0.2, 0.25) is 0 Å². The molecule has 24 heavy (non-hydrogen) atoms. The van der Waals surface area contributed by atoms with Gasteiger partial charge in [-0.3, -0.25) is 9.92 Å². The minimum absolute atomic E-state index is 0.137. The Bertz CT molecular complexity index is 555. The average Bonchev–Trinajstić information content (AvgIpc) is 2.87. The van der Waals surface area contributed by atoms with Crippen LogP contribution in [0.25, 0.3) is 6.08 Å². The van der Waals surface area contributed by atoms with Crippen molar-refractivity contribution in [3.63, 3.8) is 0 Å². The Hall–Kier alpha value is -1.09. The first-order valence-electron chi connectivity index (χ1n) is 7.47. The van der Waals surface area contributed by atoms with Gasteiger partial charge in [-0.25, -0.2) is 4.57 Å². The van der Waals surface area contributed by atoms with E-state index in [4.69, 9.17) is 21.5 Å². The lowest BCUT2D eigenvalue weighted by molar-refractivity contribution is -0.396. The molecule has 0 aliphatic rings. The van der Waals surface area contributed by atoms with Gasteiger partial charge in [-0.15, -0.1) is 11.6 Å². The maximum atomic E-state index is 11.1. The van der Waals surface area contributed by atoms with E-state index >= 15 is 0 Å². The van der Waals surface area contributed by atoms with Gasteiger partial charge in [0, 0.05) is 27.9 Å². The summed E-state index contributed by atoms with van der Waals surface area (Å²) in [5.41, 5.74) is 0.974. The molecule has 0 aliphatic heterocycles. The molecule has 136 valence electrons. The van der Waals surface area contributed by atoms with Crippen LogP contribution in [0.15, 0.2) is 6.08 Å². The van der Waals surface area contributed by atoms with Gasteiger partial charge < -0.3 is 15.2 Å². The zero-order valence-electron chi connectivity index (χ0n) is 13.7. The fourth-order valence-corrected chi connectivity index (χ4v) is 2.99. The van der Waals surface area contributed by atoms with Gasteiger partial charge in [0.25, 0.3) is 0 Å². The van der Waals surface area contributed by atoms with Gasteiger partial charge in [-0.2, -0.15) is 4.83 Å². The zero-order valence-corrected chi connectivity index (χ0v) is 15.5. The van der Waals surface area contributed by atoms with Crippen LogP contribution in [0.3, 0.4) is 0 Å². The molecule has 0 fully saturated rings. The Labute approximate surface area is 147 Å². The molecule has 2 N–H and O–H groups in total. The molecule has 0 bridgehead atoms. The van der Waals surface area contributed by atoms with E-state index in [1.165, 1.54) is 10.6 Å². The number of halogens is 1. The van der Waals surface area contributed by atoms with Crippen LogP contribution in [0, 0.1) is 10.1 Å². The van der Waals surface area contributed by atoms with Crippen LogP contribution in [0.4, 0.5) is 5.95 Å². The quantitative estimate of drug-likeness (QED) is 0.187. The lowest BCUT2D eigenvalue weighted by Gasteiger charge is -2.20. The number of aliphatic hydroxyl groups excluding tert-OH is 1. The number of rotatable bonds is 12. The summed E-state index contributed by atoms with van der Waals surface area (Å²) in [4.78, 5) is 22.0. The number of nitro groups is 1. The standard InChI is InChI=1S/C13H23ClN5O4P/c1-3-8-18(24-15-7-6-14)23-10-12-11(5-4-9-20)16-13(17(12)2)19(21)22/h4-5,15,20,24H,3,6-10H2,1-2H3/b5-4+. The Morgan fingerprint density at radius 1 is 1.62 bits per heavy atom. The summed E-state index contributed by atoms with van der Waals surface area (Å²) in [6.07, 6.45) is 3.92. The van der Waals surface area contributed by atoms with E-state index in [1.807, 2.05) is 6.92 Å². The van der Waals surface area contributed by atoms with Crippen molar-refractivity contribution in [3.8, 4) is 0 Å².